The predicted molar refractivity (Wildman–Crippen MR) is 105 cm³/mol. The molecule has 0 radical (unpaired) electrons. The molecular weight excluding hydrogens is 354 g/mol. The van der Waals surface area contributed by atoms with Gasteiger partial charge in [0, 0.05) is 37.5 Å². The first-order valence-electron chi connectivity index (χ1n) is 8.26. The van der Waals surface area contributed by atoms with Gasteiger partial charge in [-0.25, -0.2) is 0 Å². The van der Waals surface area contributed by atoms with Crippen molar-refractivity contribution in [3.05, 3.63) is 57.6 Å². The van der Waals surface area contributed by atoms with E-state index in [2.05, 4.69) is 41.0 Å². The molecule has 0 spiro atoms. The zero-order chi connectivity index (χ0) is 19.1. The van der Waals surface area contributed by atoms with Crippen LogP contribution in [0.5, 0.6) is 0 Å². The van der Waals surface area contributed by atoms with E-state index in [0.717, 1.165) is 25.3 Å². The first-order chi connectivity index (χ1) is 12.4. The van der Waals surface area contributed by atoms with Crippen molar-refractivity contribution in [1.29, 1.82) is 0 Å². The third kappa shape index (κ3) is 5.50. The maximum atomic E-state index is 10.7. The molecule has 0 unspecified atom stereocenters. The van der Waals surface area contributed by atoms with Crippen molar-refractivity contribution in [1.82, 2.24) is 4.90 Å². The molecule has 0 N–H and O–H groups in total. The zero-order valence-electron chi connectivity index (χ0n) is 15.1. The number of azo groups is 1. The van der Waals surface area contributed by atoms with Crippen LogP contribution in [0.15, 0.2) is 52.7 Å². The van der Waals surface area contributed by atoms with E-state index in [1.807, 2.05) is 24.3 Å². The Balaban J connectivity index is 2.08. The van der Waals surface area contributed by atoms with Gasteiger partial charge in [0.2, 0.25) is 0 Å². The second kappa shape index (κ2) is 9.26. The third-order valence-electron chi connectivity index (χ3n) is 3.83. The largest absolute Gasteiger partial charge is 0.371 e. The van der Waals surface area contributed by atoms with Crippen molar-refractivity contribution in [2.24, 2.45) is 10.2 Å². The molecule has 138 valence electrons. The lowest BCUT2D eigenvalue weighted by atomic mass is 10.2. The lowest BCUT2D eigenvalue weighted by Crippen LogP contribution is -2.31. The Bertz CT molecular complexity index is 778. The van der Waals surface area contributed by atoms with E-state index in [1.165, 1.54) is 18.2 Å². The fourth-order valence-corrected chi connectivity index (χ4v) is 2.54. The topological polar surface area (TPSA) is 74.3 Å². The molecule has 26 heavy (non-hydrogen) atoms. The van der Waals surface area contributed by atoms with E-state index >= 15 is 0 Å². The van der Waals surface area contributed by atoms with Crippen molar-refractivity contribution in [3.8, 4) is 0 Å². The highest BCUT2D eigenvalue weighted by Gasteiger charge is 2.09. The van der Waals surface area contributed by atoms with Gasteiger partial charge in [-0.3, -0.25) is 10.1 Å². The van der Waals surface area contributed by atoms with Gasteiger partial charge >= 0.3 is 0 Å². The molecule has 0 amide bonds. The van der Waals surface area contributed by atoms with Crippen LogP contribution in [0.25, 0.3) is 0 Å². The molecule has 0 saturated carbocycles. The molecular formula is C18H22ClN5O2. The lowest BCUT2D eigenvalue weighted by molar-refractivity contribution is -0.384. The van der Waals surface area contributed by atoms with Gasteiger partial charge in [-0.15, -0.1) is 5.11 Å². The summed E-state index contributed by atoms with van der Waals surface area (Å²) < 4.78 is 0. The van der Waals surface area contributed by atoms with Crippen LogP contribution in [0.4, 0.5) is 22.7 Å². The van der Waals surface area contributed by atoms with Crippen LogP contribution in [0.2, 0.25) is 5.02 Å². The van der Waals surface area contributed by atoms with E-state index in [9.17, 15) is 10.1 Å². The van der Waals surface area contributed by atoms with Gasteiger partial charge in [0.15, 0.2) is 0 Å². The summed E-state index contributed by atoms with van der Waals surface area (Å²) in [4.78, 5) is 14.7. The minimum absolute atomic E-state index is 0.0734. The minimum atomic E-state index is -0.499. The van der Waals surface area contributed by atoms with Gasteiger partial charge in [0.25, 0.3) is 5.69 Å². The number of hydrogen-bond acceptors (Lipinski definition) is 6. The molecule has 0 heterocycles. The van der Waals surface area contributed by atoms with E-state index in [-0.39, 0.29) is 10.7 Å². The molecule has 2 rings (SSSR count). The smallest absolute Gasteiger partial charge is 0.271 e. The quantitative estimate of drug-likeness (QED) is 0.367. The van der Waals surface area contributed by atoms with Gasteiger partial charge in [-0.2, -0.15) is 5.11 Å². The summed E-state index contributed by atoms with van der Waals surface area (Å²) in [5, 5.41) is 19.2. The first-order valence-corrected chi connectivity index (χ1v) is 8.64. The van der Waals surface area contributed by atoms with Crippen LogP contribution in [0, 0.1) is 10.1 Å². The number of nitrogens with zero attached hydrogens (tertiary/aromatic N) is 5. The number of nitro groups is 1. The number of hydrogen-bond donors (Lipinski definition) is 0. The van der Waals surface area contributed by atoms with Crippen molar-refractivity contribution >= 4 is 34.4 Å². The molecule has 0 aliphatic heterocycles. The maximum absolute atomic E-state index is 10.7. The normalized spacial score (nSPS) is 11.3. The van der Waals surface area contributed by atoms with Gasteiger partial charge in [0.1, 0.15) is 5.69 Å². The minimum Gasteiger partial charge on any atom is -0.371 e. The monoisotopic (exact) mass is 375 g/mol. The van der Waals surface area contributed by atoms with Crippen molar-refractivity contribution in [2.45, 2.75) is 6.92 Å². The van der Waals surface area contributed by atoms with Crippen molar-refractivity contribution in [2.75, 3.05) is 38.6 Å². The second-order valence-electron chi connectivity index (χ2n) is 5.99. The average molecular weight is 376 g/mol. The van der Waals surface area contributed by atoms with Crippen molar-refractivity contribution in [3.63, 3.8) is 0 Å². The van der Waals surface area contributed by atoms with E-state index < -0.39 is 4.92 Å². The Labute approximate surface area is 158 Å². The Morgan fingerprint density at radius 1 is 1.08 bits per heavy atom. The molecule has 0 atom stereocenters. The standard InChI is InChI=1S/C18H22ClN5O2/c1-4-23(12-11-22(2)3)15-7-5-14(6-8-15)20-21-18-10-9-16(24(25)26)13-17(18)19/h5-10,13H,4,11-12H2,1-3H3. The predicted octanol–water partition coefficient (Wildman–Crippen LogP) is 5.05. The molecule has 2 aromatic rings. The van der Waals surface area contributed by atoms with Crippen LogP contribution in [0.3, 0.4) is 0 Å². The van der Waals surface area contributed by atoms with Crippen LogP contribution in [-0.2, 0) is 0 Å². The number of benzene rings is 2. The van der Waals surface area contributed by atoms with Gasteiger partial charge in [-0.05, 0) is 51.4 Å². The van der Waals surface area contributed by atoms with Gasteiger partial charge < -0.3 is 9.80 Å². The second-order valence-corrected chi connectivity index (χ2v) is 6.40. The number of non-ortho nitro benzene ring substituents is 1. The number of halogens is 1. The van der Waals surface area contributed by atoms with Crippen LogP contribution in [-0.4, -0.2) is 43.6 Å². The highest BCUT2D eigenvalue weighted by Crippen LogP contribution is 2.30. The van der Waals surface area contributed by atoms with Gasteiger partial charge in [-0.1, -0.05) is 11.6 Å². The van der Waals surface area contributed by atoms with Crippen LogP contribution >= 0.6 is 11.6 Å². The van der Waals surface area contributed by atoms with Crippen LogP contribution < -0.4 is 4.90 Å². The lowest BCUT2D eigenvalue weighted by Gasteiger charge is -2.24. The Kier molecular flexibility index (Phi) is 7.06. The molecule has 2 aromatic carbocycles. The van der Waals surface area contributed by atoms with Crippen LogP contribution in [0.1, 0.15) is 6.92 Å². The highest BCUT2D eigenvalue weighted by atomic mass is 35.5. The molecule has 7 nitrogen and oxygen atoms in total. The zero-order valence-corrected chi connectivity index (χ0v) is 15.8. The number of anilines is 1. The summed E-state index contributed by atoms with van der Waals surface area (Å²) in [5.41, 5.74) is 2.13. The summed E-state index contributed by atoms with van der Waals surface area (Å²) >= 11 is 6.02. The Morgan fingerprint density at radius 2 is 1.77 bits per heavy atom. The summed E-state index contributed by atoms with van der Waals surface area (Å²) in [7, 11) is 4.11. The average Bonchev–Trinajstić information content (AvgIpc) is 2.61. The Morgan fingerprint density at radius 3 is 2.31 bits per heavy atom. The molecule has 0 aliphatic carbocycles. The van der Waals surface area contributed by atoms with E-state index in [1.54, 1.807) is 0 Å². The molecule has 0 fully saturated rings. The van der Waals surface area contributed by atoms with Crippen molar-refractivity contribution < 1.29 is 4.92 Å². The fraction of sp³-hybridized carbons (Fsp3) is 0.333. The first kappa shape index (κ1) is 19.8. The third-order valence-corrected chi connectivity index (χ3v) is 4.13. The highest BCUT2D eigenvalue weighted by molar-refractivity contribution is 6.33. The summed E-state index contributed by atoms with van der Waals surface area (Å²) in [6, 6.07) is 11.9. The number of likely N-dealkylation sites (N-methyl/N-ethyl adjacent to an activating group) is 2. The Hall–Kier alpha value is -2.51. The summed E-state index contributed by atoms with van der Waals surface area (Å²) in [6.07, 6.45) is 0. The molecule has 0 aliphatic rings. The molecule has 8 heteroatoms. The molecule has 0 saturated heterocycles. The number of nitro benzene ring substituents is 1. The maximum Gasteiger partial charge on any atom is 0.271 e. The molecule has 0 aromatic heterocycles. The molecule has 0 bridgehead atoms. The summed E-state index contributed by atoms with van der Waals surface area (Å²) in [5.74, 6) is 0. The fourth-order valence-electron chi connectivity index (χ4n) is 2.32. The van der Waals surface area contributed by atoms with E-state index in [0.29, 0.717) is 11.4 Å². The van der Waals surface area contributed by atoms with E-state index in [4.69, 9.17) is 11.6 Å². The summed E-state index contributed by atoms with van der Waals surface area (Å²) in [6.45, 7) is 4.98. The van der Waals surface area contributed by atoms with Gasteiger partial charge in [0.05, 0.1) is 15.6 Å². The number of rotatable bonds is 8. The SMILES string of the molecule is CCN(CCN(C)C)c1ccc(N=Nc2ccc([N+](=O)[O-])cc2Cl)cc1.